The molecule has 0 spiro atoms. The minimum absolute atomic E-state index is 0.309. The van der Waals surface area contributed by atoms with Crippen LogP contribution in [0.3, 0.4) is 0 Å². The Balaban J connectivity index is 2.56. The van der Waals surface area contributed by atoms with E-state index in [-0.39, 0.29) is 5.56 Å². The lowest BCUT2D eigenvalue weighted by Crippen LogP contribution is -2.04. The molecule has 1 aromatic heterocycles. The molecular weight excluding hydrogens is 221 g/mol. The minimum atomic E-state index is -1.25. The number of nitrogens with zero attached hydrogens (tertiary/aromatic N) is 1. The summed E-state index contributed by atoms with van der Waals surface area (Å²) in [6.45, 7) is 3.83. The van der Waals surface area contributed by atoms with Gasteiger partial charge in [0.25, 0.3) is 0 Å². The number of carboxylic acids is 1. The smallest absolute Gasteiger partial charge is 0.338 e. The van der Waals surface area contributed by atoms with Crippen LogP contribution in [0.5, 0.6) is 0 Å². The number of carboxylic acid groups (broad SMARTS) is 1. The van der Waals surface area contributed by atoms with E-state index < -0.39 is 11.8 Å². The van der Waals surface area contributed by atoms with Crippen molar-refractivity contribution >= 4 is 5.97 Å². The molecule has 0 aliphatic rings. The molecule has 4 heteroatoms. The molecule has 0 bridgehead atoms. The van der Waals surface area contributed by atoms with Gasteiger partial charge in [-0.3, -0.25) is 0 Å². The maximum atomic E-state index is 13.6. The third kappa shape index (κ3) is 1.93. The van der Waals surface area contributed by atoms with E-state index in [2.05, 4.69) is 0 Å². The van der Waals surface area contributed by atoms with Gasteiger partial charge >= 0.3 is 5.97 Å². The van der Waals surface area contributed by atoms with E-state index in [1.807, 2.05) is 30.5 Å². The van der Waals surface area contributed by atoms with Gasteiger partial charge < -0.3 is 9.67 Å². The van der Waals surface area contributed by atoms with Gasteiger partial charge in [0.2, 0.25) is 0 Å². The van der Waals surface area contributed by atoms with Gasteiger partial charge in [0.15, 0.2) is 0 Å². The molecule has 0 amide bonds. The highest BCUT2D eigenvalue weighted by Gasteiger charge is 2.12. The topological polar surface area (TPSA) is 42.2 Å². The van der Waals surface area contributed by atoms with Crippen LogP contribution in [0.25, 0.3) is 5.69 Å². The number of aryl methyl sites for hydroxylation is 2. The number of aromatic nitrogens is 1. The second-order valence-electron chi connectivity index (χ2n) is 3.92. The number of aromatic carboxylic acids is 1. The molecular formula is C13H12FNO2. The first kappa shape index (κ1) is 11.4. The van der Waals surface area contributed by atoms with Crippen molar-refractivity contribution < 1.29 is 14.3 Å². The maximum absolute atomic E-state index is 13.6. The molecule has 0 atom stereocenters. The zero-order valence-corrected chi connectivity index (χ0v) is 9.57. The van der Waals surface area contributed by atoms with Crippen molar-refractivity contribution in [2.75, 3.05) is 0 Å². The Kier molecular flexibility index (Phi) is 2.71. The molecule has 1 aromatic carbocycles. The lowest BCUT2D eigenvalue weighted by atomic mass is 10.2. The third-order valence-electron chi connectivity index (χ3n) is 2.71. The molecule has 3 nitrogen and oxygen atoms in total. The van der Waals surface area contributed by atoms with Crippen molar-refractivity contribution in [2.45, 2.75) is 13.8 Å². The third-order valence-corrected chi connectivity index (χ3v) is 2.71. The van der Waals surface area contributed by atoms with Crippen molar-refractivity contribution in [3.05, 3.63) is 53.1 Å². The molecule has 0 saturated heterocycles. The molecule has 88 valence electrons. The summed E-state index contributed by atoms with van der Waals surface area (Å²) in [6, 6.07) is 7.98. The summed E-state index contributed by atoms with van der Waals surface area (Å²) in [6.07, 6.45) is 0. The average molecular weight is 233 g/mol. The first-order chi connectivity index (χ1) is 8.00. The highest BCUT2D eigenvalue weighted by molar-refractivity contribution is 5.88. The summed E-state index contributed by atoms with van der Waals surface area (Å²) >= 11 is 0. The number of carbonyl (C=O) groups is 1. The molecule has 1 heterocycles. The zero-order chi connectivity index (χ0) is 12.6. The van der Waals surface area contributed by atoms with Crippen molar-refractivity contribution in [3.63, 3.8) is 0 Å². The molecule has 2 aromatic rings. The standard InChI is InChI=1S/C13H12FNO2/c1-8-3-4-9(2)15(8)10-5-6-11(13(16)17)12(14)7-10/h3-7H,1-2H3,(H,16,17). The van der Waals surface area contributed by atoms with Crippen LogP contribution in [0, 0.1) is 19.7 Å². The van der Waals surface area contributed by atoms with Crippen LogP contribution in [0.2, 0.25) is 0 Å². The molecule has 0 fully saturated rings. The highest BCUT2D eigenvalue weighted by Crippen LogP contribution is 2.19. The van der Waals surface area contributed by atoms with E-state index in [0.29, 0.717) is 5.69 Å². The normalized spacial score (nSPS) is 10.5. The van der Waals surface area contributed by atoms with Crippen LogP contribution in [-0.4, -0.2) is 15.6 Å². The summed E-state index contributed by atoms with van der Waals surface area (Å²) in [5.41, 5.74) is 2.28. The summed E-state index contributed by atoms with van der Waals surface area (Å²) in [5.74, 6) is -1.97. The SMILES string of the molecule is Cc1ccc(C)n1-c1ccc(C(=O)O)c(F)c1. The van der Waals surface area contributed by atoms with Gasteiger partial charge in [-0.05, 0) is 44.2 Å². The van der Waals surface area contributed by atoms with Crippen molar-refractivity contribution in [1.82, 2.24) is 4.57 Å². The molecule has 0 radical (unpaired) electrons. The lowest BCUT2D eigenvalue weighted by molar-refractivity contribution is 0.0692. The molecule has 2 rings (SSSR count). The predicted molar refractivity (Wildman–Crippen MR) is 62.2 cm³/mol. The number of hydrogen-bond acceptors (Lipinski definition) is 1. The van der Waals surface area contributed by atoms with E-state index in [1.165, 1.54) is 12.1 Å². The zero-order valence-electron chi connectivity index (χ0n) is 9.57. The van der Waals surface area contributed by atoms with Crippen LogP contribution in [0.4, 0.5) is 4.39 Å². The summed E-state index contributed by atoms with van der Waals surface area (Å²) in [7, 11) is 0. The van der Waals surface area contributed by atoms with Crippen LogP contribution >= 0.6 is 0 Å². The maximum Gasteiger partial charge on any atom is 0.338 e. The number of hydrogen-bond donors (Lipinski definition) is 1. The largest absolute Gasteiger partial charge is 0.478 e. The van der Waals surface area contributed by atoms with Gasteiger partial charge in [-0.15, -0.1) is 0 Å². The first-order valence-corrected chi connectivity index (χ1v) is 5.19. The molecule has 0 saturated carbocycles. The molecule has 1 N–H and O–H groups in total. The fourth-order valence-electron chi connectivity index (χ4n) is 1.89. The molecule has 0 aliphatic carbocycles. The Morgan fingerprint density at radius 3 is 2.24 bits per heavy atom. The van der Waals surface area contributed by atoms with Crippen molar-refractivity contribution in [1.29, 1.82) is 0 Å². The fourth-order valence-corrected chi connectivity index (χ4v) is 1.89. The average Bonchev–Trinajstić information content (AvgIpc) is 2.58. The number of halogens is 1. The Bertz CT molecular complexity index is 568. The summed E-state index contributed by atoms with van der Waals surface area (Å²) in [4.78, 5) is 10.7. The van der Waals surface area contributed by atoms with Crippen LogP contribution in [0.15, 0.2) is 30.3 Å². The van der Waals surface area contributed by atoms with Gasteiger partial charge in [0.1, 0.15) is 5.82 Å². The Labute approximate surface area is 98.1 Å². The molecule has 17 heavy (non-hydrogen) atoms. The van der Waals surface area contributed by atoms with Gasteiger partial charge in [0.05, 0.1) is 5.56 Å². The van der Waals surface area contributed by atoms with Gasteiger partial charge in [-0.2, -0.15) is 0 Å². The first-order valence-electron chi connectivity index (χ1n) is 5.19. The van der Waals surface area contributed by atoms with E-state index >= 15 is 0 Å². The lowest BCUT2D eigenvalue weighted by Gasteiger charge is -2.10. The number of benzene rings is 1. The van der Waals surface area contributed by atoms with Crippen LogP contribution in [0.1, 0.15) is 21.7 Å². The second kappa shape index (κ2) is 4.05. The Morgan fingerprint density at radius 2 is 1.76 bits per heavy atom. The quantitative estimate of drug-likeness (QED) is 0.866. The fraction of sp³-hybridized carbons (Fsp3) is 0.154. The summed E-state index contributed by atoms with van der Waals surface area (Å²) < 4.78 is 15.4. The van der Waals surface area contributed by atoms with E-state index in [0.717, 1.165) is 11.4 Å². The monoisotopic (exact) mass is 233 g/mol. The number of rotatable bonds is 2. The molecule has 0 unspecified atom stereocenters. The van der Waals surface area contributed by atoms with Crippen molar-refractivity contribution in [2.24, 2.45) is 0 Å². The van der Waals surface area contributed by atoms with Crippen molar-refractivity contribution in [3.8, 4) is 5.69 Å². The van der Waals surface area contributed by atoms with Gasteiger partial charge in [-0.25, -0.2) is 9.18 Å². The van der Waals surface area contributed by atoms with Gasteiger partial charge in [0, 0.05) is 17.1 Å². The second-order valence-corrected chi connectivity index (χ2v) is 3.92. The minimum Gasteiger partial charge on any atom is -0.478 e. The predicted octanol–water partition coefficient (Wildman–Crippen LogP) is 2.93. The summed E-state index contributed by atoms with van der Waals surface area (Å²) in [5, 5.41) is 8.75. The van der Waals surface area contributed by atoms with Gasteiger partial charge in [-0.1, -0.05) is 0 Å². The van der Waals surface area contributed by atoms with E-state index in [1.54, 1.807) is 6.07 Å². The van der Waals surface area contributed by atoms with E-state index in [4.69, 9.17) is 5.11 Å². The highest BCUT2D eigenvalue weighted by atomic mass is 19.1. The van der Waals surface area contributed by atoms with Crippen LogP contribution in [-0.2, 0) is 0 Å². The molecule has 0 aliphatic heterocycles. The Hall–Kier alpha value is -2.10. The van der Waals surface area contributed by atoms with Crippen LogP contribution < -0.4 is 0 Å². The Morgan fingerprint density at radius 1 is 1.18 bits per heavy atom. The van der Waals surface area contributed by atoms with E-state index in [9.17, 15) is 9.18 Å².